The zero-order valence-corrected chi connectivity index (χ0v) is 12.0. The van der Waals surface area contributed by atoms with Gasteiger partial charge in [0.25, 0.3) is 0 Å². The van der Waals surface area contributed by atoms with E-state index in [1.54, 1.807) is 7.11 Å². The molecule has 0 spiro atoms. The number of ether oxygens (including phenoxy) is 1. The lowest BCUT2D eigenvalue weighted by molar-refractivity contribution is 0.0984. The lowest BCUT2D eigenvalue weighted by atomic mass is 10.1. The highest BCUT2D eigenvalue weighted by atomic mass is 16.5. The zero-order valence-electron chi connectivity index (χ0n) is 12.0. The van der Waals surface area contributed by atoms with Gasteiger partial charge in [-0.05, 0) is 18.6 Å². The number of fused-ring (bicyclic) bond motifs is 1. The number of nitrogens with zero attached hydrogens (tertiary/aromatic N) is 2. The molecular formula is C16H18N2O3. The topological polar surface area (TPSA) is 55.6 Å². The minimum Gasteiger partial charge on any atom is -0.377 e. The maximum absolute atomic E-state index is 12.1. The average Bonchev–Trinajstić information content (AvgIpc) is 2.87. The normalized spacial score (nSPS) is 14.9. The molecular weight excluding hydrogens is 268 g/mol. The standard InChI is InChI=1S/C16H18N2O3/c1-20-11-13-9-12(17-21-13)10-18-8-4-7-16(19)14-5-2-3-6-15(14)18/h2-3,5-6,9H,4,7-8,10-11H2,1H3. The molecule has 21 heavy (non-hydrogen) atoms. The Kier molecular flexibility index (Phi) is 4.01. The van der Waals surface area contributed by atoms with Crippen molar-refractivity contribution >= 4 is 11.5 Å². The monoisotopic (exact) mass is 286 g/mol. The van der Waals surface area contributed by atoms with E-state index in [4.69, 9.17) is 9.26 Å². The highest BCUT2D eigenvalue weighted by molar-refractivity contribution is 6.01. The fourth-order valence-electron chi connectivity index (χ4n) is 2.67. The van der Waals surface area contributed by atoms with Crippen molar-refractivity contribution in [2.24, 2.45) is 0 Å². The first-order valence-corrected chi connectivity index (χ1v) is 7.08. The van der Waals surface area contributed by atoms with Crippen LogP contribution in [0.1, 0.15) is 34.7 Å². The number of Topliss-reactive ketones (excluding diaryl/α,β-unsaturated/α-hetero) is 1. The van der Waals surface area contributed by atoms with Gasteiger partial charge in [0.2, 0.25) is 0 Å². The highest BCUT2D eigenvalue weighted by Crippen LogP contribution is 2.27. The molecule has 2 heterocycles. The molecule has 3 rings (SSSR count). The van der Waals surface area contributed by atoms with Crippen molar-refractivity contribution in [3.8, 4) is 0 Å². The summed E-state index contributed by atoms with van der Waals surface area (Å²) in [6.07, 6.45) is 1.46. The largest absolute Gasteiger partial charge is 0.377 e. The zero-order chi connectivity index (χ0) is 14.7. The Balaban J connectivity index is 1.84. The molecule has 0 saturated carbocycles. The summed E-state index contributed by atoms with van der Waals surface area (Å²) in [5, 5.41) is 4.07. The number of para-hydroxylation sites is 1. The Hall–Kier alpha value is -2.14. The van der Waals surface area contributed by atoms with Crippen LogP contribution in [0.5, 0.6) is 0 Å². The van der Waals surface area contributed by atoms with Gasteiger partial charge in [0.1, 0.15) is 12.3 Å². The summed E-state index contributed by atoms with van der Waals surface area (Å²) in [5.74, 6) is 0.931. The Morgan fingerprint density at radius 3 is 3.10 bits per heavy atom. The Morgan fingerprint density at radius 1 is 1.38 bits per heavy atom. The molecule has 0 aliphatic carbocycles. The lowest BCUT2D eigenvalue weighted by Gasteiger charge is -2.23. The number of hydrogen-bond donors (Lipinski definition) is 0. The first-order chi connectivity index (χ1) is 10.3. The van der Waals surface area contributed by atoms with Crippen LogP contribution in [0.15, 0.2) is 34.9 Å². The van der Waals surface area contributed by atoms with Gasteiger partial charge in [-0.2, -0.15) is 0 Å². The molecule has 0 atom stereocenters. The van der Waals surface area contributed by atoms with Gasteiger partial charge in [0.15, 0.2) is 11.5 Å². The van der Waals surface area contributed by atoms with E-state index in [0.717, 1.165) is 29.9 Å². The van der Waals surface area contributed by atoms with E-state index >= 15 is 0 Å². The number of ketones is 1. The van der Waals surface area contributed by atoms with E-state index in [1.807, 2.05) is 30.3 Å². The summed E-state index contributed by atoms with van der Waals surface area (Å²) in [4.78, 5) is 14.3. The maximum atomic E-state index is 12.1. The third-order valence-corrected chi connectivity index (χ3v) is 3.62. The van der Waals surface area contributed by atoms with E-state index in [0.29, 0.717) is 25.3 Å². The van der Waals surface area contributed by atoms with E-state index in [-0.39, 0.29) is 5.78 Å². The molecule has 0 fully saturated rings. The minimum atomic E-state index is 0.216. The predicted octanol–water partition coefficient (Wildman–Crippen LogP) is 2.80. The number of carbonyl (C=O) groups excluding carboxylic acids is 1. The second-order valence-electron chi connectivity index (χ2n) is 5.18. The van der Waals surface area contributed by atoms with Crippen molar-refractivity contribution in [1.29, 1.82) is 0 Å². The second kappa shape index (κ2) is 6.10. The Labute approximate surface area is 123 Å². The molecule has 0 amide bonds. The van der Waals surface area contributed by atoms with Crippen molar-refractivity contribution < 1.29 is 14.1 Å². The van der Waals surface area contributed by atoms with Gasteiger partial charge < -0.3 is 14.2 Å². The summed E-state index contributed by atoms with van der Waals surface area (Å²) < 4.78 is 10.2. The first-order valence-electron chi connectivity index (χ1n) is 7.08. The van der Waals surface area contributed by atoms with Crippen LogP contribution in [-0.2, 0) is 17.9 Å². The Morgan fingerprint density at radius 2 is 2.24 bits per heavy atom. The van der Waals surface area contributed by atoms with Crippen LogP contribution in [0.2, 0.25) is 0 Å². The summed E-state index contributed by atoms with van der Waals surface area (Å²) in [6, 6.07) is 9.67. The molecule has 0 radical (unpaired) electrons. The number of rotatable bonds is 4. The van der Waals surface area contributed by atoms with Gasteiger partial charge >= 0.3 is 0 Å². The van der Waals surface area contributed by atoms with Crippen LogP contribution in [0, 0.1) is 0 Å². The van der Waals surface area contributed by atoms with Crippen LogP contribution < -0.4 is 4.90 Å². The SMILES string of the molecule is COCc1cc(CN2CCCC(=O)c3ccccc32)no1. The van der Waals surface area contributed by atoms with Crippen molar-refractivity contribution in [3.05, 3.63) is 47.3 Å². The molecule has 1 aromatic carbocycles. The molecule has 0 unspecified atom stereocenters. The van der Waals surface area contributed by atoms with Crippen LogP contribution in [-0.4, -0.2) is 24.6 Å². The minimum absolute atomic E-state index is 0.216. The second-order valence-corrected chi connectivity index (χ2v) is 5.18. The van der Waals surface area contributed by atoms with Gasteiger partial charge in [0.05, 0.1) is 6.54 Å². The van der Waals surface area contributed by atoms with E-state index in [2.05, 4.69) is 10.1 Å². The fraction of sp³-hybridized carbons (Fsp3) is 0.375. The number of hydrogen-bond acceptors (Lipinski definition) is 5. The maximum Gasteiger partial charge on any atom is 0.165 e. The number of benzene rings is 1. The third-order valence-electron chi connectivity index (χ3n) is 3.62. The van der Waals surface area contributed by atoms with Gasteiger partial charge in [-0.1, -0.05) is 17.3 Å². The van der Waals surface area contributed by atoms with E-state index in [1.165, 1.54) is 0 Å². The van der Waals surface area contributed by atoms with Crippen molar-refractivity contribution in [2.45, 2.75) is 26.0 Å². The predicted molar refractivity (Wildman–Crippen MR) is 78.3 cm³/mol. The molecule has 0 saturated heterocycles. The molecule has 5 nitrogen and oxygen atoms in total. The molecule has 2 aromatic rings. The van der Waals surface area contributed by atoms with Gasteiger partial charge in [-0.25, -0.2) is 0 Å². The van der Waals surface area contributed by atoms with E-state index < -0.39 is 0 Å². The van der Waals surface area contributed by atoms with Crippen LogP contribution in [0.4, 0.5) is 5.69 Å². The molecule has 5 heteroatoms. The highest BCUT2D eigenvalue weighted by Gasteiger charge is 2.21. The third kappa shape index (κ3) is 2.97. The smallest absolute Gasteiger partial charge is 0.165 e. The molecule has 1 aliphatic heterocycles. The average molecular weight is 286 g/mol. The van der Waals surface area contributed by atoms with Crippen LogP contribution >= 0.6 is 0 Å². The molecule has 0 bridgehead atoms. The summed E-state index contributed by atoms with van der Waals surface area (Å²) in [7, 11) is 1.62. The summed E-state index contributed by atoms with van der Waals surface area (Å²) >= 11 is 0. The van der Waals surface area contributed by atoms with Gasteiger partial charge in [-0.15, -0.1) is 0 Å². The van der Waals surface area contributed by atoms with Gasteiger partial charge in [-0.3, -0.25) is 4.79 Å². The molecule has 1 aromatic heterocycles. The number of aromatic nitrogens is 1. The van der Waals surface area contributed by atoms with Gasteiger partial charge in [0, 0.05) is 37.4 Å². The molecule has 110 valence electrons. The Bertz CT molecular complexity index is 636. The van der Waals surface area contributed by atoms with Crippen LogP contribution in [0.25, 0.3) is 0 Å². The summed E-state index contributed by atoms with van der Waals surface area (Å²) in [6.45, 7) is 1.90. The summed E-state index contributed by atoms with van der Waals surface area (Å²) in [5.41, 5.74) is 2.64. The number of carbonyl (C=O) groups is 1. The fourth-order valence-corrected chi connectivity index (χ4v) is 2.67. The number of anilines is 1. The molecule has 1 aliphatic rings. The van der Waals surface area contributed by atoms with E-state index in [9.17, 15) is 4.79 Å². The first kappa shape index (κ1) is 13.8. The van der Waals surface area contributed by atoms with Crippen molar-refractivity contribution in [3.63, 3.8) is 0 Å². The number of methoxy groups -OCH3 is 1. The van der Waals surface area contributed by atoms with Crippen LogP contribution in [0.3, 0.4) is 0 Å². The molecule has 0 N–H and O–H groups in total. The lowest BCUT2D eigenvalue weighted by Crippen LogP contribution is -2.23. The quantitative estimate of drug-likeness (QED) is 0.865. The van der Waals surface area contributed by atoms with Crippen molar-refractivity contribution in [1.82, 2.24) is 5.16 Å². The van der Waals surface area contributed by atoms with Crippen molar-refractivity contribution in [2.75, 3.05) is 18.6 Å².